The molecule has 1 aliphatic heterocycles. The summed E-state index contributed by atoms with van der Waals surface area (Å²) < 4.78 is 33.5. The van der Waals surface area contributed by atoms with Crippen LogP contribution in [0.1, 0.15) is 12.5 Å². The van der Waals surface area contributed by atoms with Gasteiger partial charge in [-0.1, -0.05) is 41.9 Å². The van der Waals surface area contributed by atoms with Gasteiger partial charge in [0.15, 0.2) is 0 Å². The Hall–Kier alpha value is -2.62. The van der Waals surface area contributed by atoms with E-state index in [1.165, 1.54) is 29.2 Å². The number of hydrogen-bond acceptors (Lipinski definition) is 5. The van der Waals surface area contributed by atoms with E-state index in [0.717, 1.165) is 5.56 Å². The first kappa shape index (κ1) is 24.0. The van der Waals surface area contributed by atoms with Crippen LogP contribution in [0, 0.1) is 0 Å². The maximum absolute atomic E-state index is 13.3. The SMILES string of the molecule is CCOC(=O)N1CCN(C(=O)[C@H](Cc2ccccc2)NS(=O)(=O)c2ccc(Cl)cc2)CC1. The molecule has 1 atom stereocenters. The fourth-order valence-electron chi connectivity index (χ4n) is 3.44. The molecule has 32 heavy (non-hydrogen) atoms. The van der Waals surface area contributed by atoms with Crippen LogP contribution in [-0.2, 0) is 26.0 Å². The smallest absolute Gasteiger partial charge is 0.409 e. The van der Waals surface area contributed by atoms with Crippen molar-refractivity contribution in [1.82, 2.24) is 14.5 Å². The number of benzene rings is 2. The monoisotopic (exact) mass is 479 g/mol. The molecule has 2 aromatic rings. The minimum atomic E-state index is -3.95. The summed E-state index contributed by atoms with van der Waals surface area (Å²) in [5.41, 5.74) is 0.829. The van der Waals surface area contributed by atoms with Crippen molar-refractivity contribution in [3.05, 3.63) is 65.2 Å². The number of rotatable bonds is 7. The Bertz CT molecular complexity index is 1020. The molecular weight excluding hydrogens is 454 g/mol. The fourth-order valence-corrected chi connectivity index (χ4v) is 4.76. The molecule has 1 aliphatic rings. The lowest BCUT2D eigenvalue weighted by Crippen LogP contribution is -2.56. The molecular formula is C22H26ClN3O5S. The predicted octanol–water partition coefficient (Wildman–Crippen LogP) is 2.53. The number of hydrogen-bond donors (Lipinski definition) is 1. The van der Waals surface area contributed by atoms with Crippen molar-refractivity contribution in [2.24, 2.45) is 0 Å². The molecule has 10 heteroatoms. The van der Waals surface area contributed by atoms with Crippen LogP contribution in [0.2, 0.25) is 5.02 Å². The van der Waals surface area contributed by atoms with Crippen LogP contribution in [0.5, 0.6) is 0 Å². The van der Waals surface area contributed by atoms with Gasteiger partial charge >= 0.3 is 6.09 Å². The zero-order chi connectivity index (χ0) is 23.1. The van der Waals surface area contributed by atoms with E-state index in [0.29, 0.717) is 31.2 Å². The zero-order valence-electron chi connectivity index (χ0n) is 17.7. The molecule has 0 aromatic heterocycles. The van der Waals surface area contributed by atoms with Crippen molar-refractivity contribution >= 4 is 33.6 Å². The van der Waals surface area contributed by atoms with Crippen molar-refractivity contribution in [2.75, 3.05) is 32.8 Å². The van der Waals surface area contributed by atoms with E-state index in [2.05, 4.69) is 4.72 Å². The fraction of sp³-hybridized carbons (Fsp3) is 0.364. The minimum absolute atomic E-state index is 0.0277. The molecule has 1 N–H and O–H groups in total. The summed E-state index contributed by atoms with van der Waals surface area (Å²) in [4.78, 5) is 28.4. The normalized spacial score (nSPS) is 15.3. The Balaban J connectivity index is 1.76. The van der Waals surface area contributed by atoms with Gasteiger partial charge < -0.3 is 14.5 Å². The summed E-state index contributed by atoms with van der Waals surface area (Å²) in [6.45, 7) is 3.26. The Kier molecular flexibility index (Phi) is 8.11. The van der Waals surface area contributed by atoms with Crippen LogP contribution < -0.4 is 4.72 Å². The molecule has 0 spiro atoms. The number of carbonyl (C=O) groups is 2. The van der Waals surface area contributed by atoms with Crippen LogP contribution in [0.15, 0.2) is 59.5 Å². The average Bonchev–Trinajstić information content (AvgIpc) is 2.79. The van der Waals surface area contributed by atoms with E-state index >= 15 is 0 Å². The summed E-state index contributed by atoms with van der Waals surface area (Å²) in [6.07, 6.45) is -0.214. The average molecular weight is 480 g/mol. The van der Waals surface area contributed by atoms with Gasteiger partial charge in [-0.05, 0) is 43.2 Å². The standard InChI is InChI=1S/C22H26ClN3O5S/c1-2-31-22(28)26-14-12-25(13-15-26)21(27)20(16-17-6-4-3-5-7-17)24-32(29,30)19-10-8-18(23)9-11-19/h3-11,20,24H,2,12-16H2,1H3/t20-/m0/s1. The highest BCUT2D eigenvalue weighted by Crippen LogP contribution is 2.16. The Morgan fingerprint density at radius 1 is 1.00 bits per heavy atom. The van der Waals surface area contributed by atoms with Gasteiger partial charge in [0.05, 0.1) is 11.5 Å². The van der Waals surface area contributed by atoms with Gasteiger partial charge in [-0.25, -0.2) is 13.2 Å². The largest absolute Gasteiger partial charge is 0.450 e. The van der Waals surface area contributed by atoms with Crippen LogP contribution in [-0.4, -0.2) is 69.0 Å². The first-order valence-electron chi connectivity index (χ1n) is 10.3. The number of nitrogens with zero attached hydrogens (tertiary/aromatic N) is 2. The highest BCUT2D eigenvalue weighted by molar-refractivity contribution is 7.89. The molecule has 3 rings (SSSR count). The zero-order valence-corrected chi connectivity index (χ0v) is 19.3. The van der Waals surface area contributed by atoms with Crippen molar-refractivity contribution in [1.29, 1.82) is 0 Å². The third-order valence-electron chi connectivity index (χ3n) is 5.12. The quantitative estimate of drug-likeness (QED) is 0.658. The number of carbonyl (C=O) groups excluding carboxylic acids is 2. The Labute approximate surface area is 193 Å². The molecule has 0 aliphatic carbocycles. The summed E-state index contributed by atoms with van der Waals surface area (Å²) in [7, 11) is -3.95. The molecule has 8 nitrogen and oxygen atoms in total. The summed E-state index contributed by atoms with van der Waals surface area (Å²) in [5.74, 6) is -0.338. The van der Waals surface area contributed by atoms with Crippen LogP contribution in [0.25, 0.3) is 0 Å². The van der Waals surface area contributed by atoms with Crippen molar-refractivity contribution in [2.45, 2.75) is 24.3 Å². The van der Waals surface area contributed by atoms with Gasteiger partial charge in [-0.15, -0.1) is 0 Å². The molecule has 0 radical (unpaired) electrons. The summed E-state index contributed by atoms with van der Waals surface area (Å²) in [6, 6.07) is 14.0. The number of piperazine rings is 1. The second-order valence-electron chi connectivity index (χ2n) is 7.33. The first-order chi connectivity index (χ1) is 15.3. The molecule has 1 saturated heterocycles. The maximum Gasteiger partial charge on any atom is 0.409 e. The molecule has 0 unspecified atom stereocenters. The Morgan fingerprint density at radius 3 is 2.19 bits per heavy atom. The molecule has 2 amide bonds. The van der Waals surface area contributed by atoms with E-state index < -0.39 is 22.2 Å². The molecule has 0 bridgehead atoms. The molecule has 0 saturated carbocycles. The van der Waals surface area contributed by atoms with E-state index in [-0.39, 0.29) is 23.8 Å². The van der Waals surface area contributed by atoms with Crippen LogP contribution >= 0.6 is 11.6 Å². The van der Waals surface area contributed by atoms with E-state index in [4.69, 9.17) is 16.3 Å². The van der Waals surface area contributed by atoms with Gasteiger partial charge in [-0.2, -0.15) is 4.72 Å². The Morgan fingerprint density at radius 2 is 1.59 bits per heavy atom. The maximum atomic E-state index is 13.3. The van der Waals surface area contributed by atoms with Crippen molar-refractivity contribution in [3.63, 3.8) is 0 Å². The number of nitrogens with one attached hydrogen (secondary N) is 1. The highest BCUT2D eigenvalue weighted by atomic mass is 35.5. The molecule has 172 valence electrons. The second kappa shape index (κ2) is 10.8. The molecule has 1 heterocycles. The summed E-state index contributed by atoms with van der Waals surface area (Å²) >= 11 is 5.87. The topological polar surface area (TPSA) is 96.0 Å². The van der Waals surface area contributed by atoms with Gasteiger partial charge in [0.2, 0.25) is 15.9 Å². The number of halogens is 1. The minimum Gasteiger partial charge on any atom is -0.450 e. The van der Waals surface area contributed by atoms with Gasteiger partial charge in [0.1, 0.15) is 6.04 Å². The van der Waals surface area contributed by atoms with E-state index in [9.17, 15) is 18.0 Å². The lowest BCUT2D eigenvalue weighted by Gasteiger charge is -2.36. The van der Waals surface area contributed by atoms with E-state index in [1.807, 2.05) is 30.3 Å². The second-order valence-corrected chi connectivity index (χ2v) is 9.48. The van der Waals surface area contributed by atoms with Gasteiger partial charge in [0, 0.05) is 31.2 Å². The predicted molar refractivity (Wildman–Crippen MR) is 121 cm³/mol. The van der Waals surface area contributed by atoms with Gasteiger partial charge in [-0.3, -0.25) is 4.79 Å². The van der Waals surface area contributed by atoms with E-state index in [1.54, 1.807) is 11.8 Å². The summed E-state index contributed by atoms with van der Waals surface area (Å²) in [5, 5.41) is 0.417. The number of sulfonamides is 1. The van der Waals surface area contributed by atoms with Crippen LogP contribution in [0.4, 0.5) is 4.79 Å². The van der Waals surface area contributed by atoms with Crippen molar-refractivity contribution < 1.29 is 22.7 Å². The lowest BCUT2D eigenvalue weighted by molar-refractivity contribution is -0.134. The number of amides is 2. The molecule has 2 aromatic carbocycles. The van der Waals surface area contributed by atoms with Crippen LogP contribution in [0.3, 0.4) is 0 Å². The third-order valence-corrected chi connectivity index (χ3v) is 6.86. The highest BCUT2D eigenvalue weighted by Gasteiger charge is 2.32. The number of ether oxygens (including phenoxy) is 1. The van der Waals surface area contributed by atoms with Crippen molar-refractivity contribution in [3.8, 4) is 0 Å². The first-order valence-corrected chi connectivity index (χ1v) is 12.2. The lowest BCUT2D eigenvalue weighted by atomic mass is 10.1. The molecule has 1 fully saturated rings. The third kappa shape index (κ3) is 6.21. The van der Waals surface area contributed by atoms with Gasteiger partial charge in [0.25, 0.3) is 0 Å².